The zero-order chi connectivity index (χ0) is 11.7. The molecule has 3 aromatic heterocycles. The summed E-state index contributed by atoms with van der Waals surface area (Å²) in [5, 5.41) is 2.10. The van der Waals surface area contributed by atoms with Crippen LogP contribution in [0.5, 0.6) is 0 Å². The molecular weight excluding hydrogens is 252 g/mol. The first-order valence-electron chi connectivity index (χ1n) is 5.07. The number of hydrogen-bond acceptors (Lipinski definition) is 6. The van der Waals surface area contributed by atoms with Crippen molar-refractivity contribution in [1.82, 2.24) is 15.4 Å². The van der Waals surface area contributed by atoms with Gasteiger partial charge in [0.1, 0.15) is 0 Å². The first-order chi connectivity index (χ1) is 8.38. The van der Waals surface area contributed by atoms with Gasteiger partial charge in [-0.2, -0.15) is 0 Å². The average molecular weight is 262 g/mol. The zero-order valence-corrected chi connectivity index (χ0v) is 10.5. The fraction of sp³-hybridized carbons (Fsp3) is 0.0909. The van der Waals surface area contributed by atoms with Gasteiger partial charge in [-0.3, -0.25) is 15.8 Å². The molecule has 0 amide bonds. The minimum absolute atomic E-state index is 0.0895. The number of nitrogens with zero attached hydrogens (tertiary/aromatic N) is 2. The summed E-state index contributed by atoms with van der Waals surface area (Å²) in [7, 11) is 0. The summed E-state index contributed by atoms with van der Waals surface area (Å²) in [5.41, 5.74) is 3.63. The Morgan fingerprint density at radius 2 is 2.24 bits per heavy atom. The lowest BCUT2D eigenvalue weighted by molar-refractivity contribution is 0.627. The van der Waals surface area contributed by atoms with E-state index in [-0.39, 0.29) is 6.04 Å². The third-order valence-electron chi connectivity index (χ3n) is 2.49. The molecule has 17 heavy (non-hydrogen) atoms. The second kappa shape index (κ2) is 4.50. The van der Waals surface area contributed by atoms with Gasteiger partial charge in [-0.1, -0.05) is 0 Å². The van der Waals surface area contributed by atoms with Crippen LogP contribution in [0.2, 0.25) is 0 Å². The molecule has 0 aliphatic rings. The molecule has 0 radical (unpaired) electrons. The van der Waals surface area contributed by atoms with Crippen molar-refractivity contribution in [2.24, 2.45) is 5.84 Å². The highest BCUT2D eigenvalue weighted by atomic mass is 32.1. The molecule has 0 spiro atoms. The van der Waals surface area contributed by atoms with Crippen molar-refractivity contribution in [3.05, 3.63) is 46.7 Å². The SMILES string of the molecule is NNC(c1cnccn1)c1cc2sccc2s1. The molecule has 86 valence electrons. The molecule has 3 heterocycles. The molecule has 0 saturated carbocycles. The Balaban J connectivity index is 2.03. The lowest BCUT2D eigenvalue weighted by Crippen LogP contribution is -2.28. The molecule has 1 unspecified atom stereocenters. The van der Waals surface area contributed by atoms with Crippen LogP contribution >= 0.6 is 22.7 Å². The summed E-state index contributed by atoms with van der Waals surface area (Å²) in [5.74, 6) is 5.62. The number of nitrogens with one attached hydrogen (secondary N) is 1. The lowest BCUT2D eigenvalue weighted by Gasteiger charge is -2.12. The molecular formula is C11H10N4S2. The fourth-order valence-corrected chi connectivity index (χ4v) is 3.89. The molecule has 1 atom stereocenters. The second-order valence-corrected chi connectivity index (χ2v) is 5.59. The van der Waals surface area contributed by atoms with Gasteiger partial charge in [0, 0.05) is 26.7 Å². The van der Waals surface area contributed by atoms with Crippen LogP contribution in [-0.2, 0) is 0 Å². The summed E-state index contributed by atoms with van der Waals surface area (Å²) in [6.07, 6.45) is 5.07. The van der Waals surface area contributed by atoms with Crippen molar-refractivity contribution in [3.63, 3.8) is 0 Å². The van der Waals surface area contributed by atoms with E-state index >= 15 is 0 Å². The zero-order valence-electron chi connectivity index (χ0n) is 8.83. The second-order valence-electron chi connectivity index (χ2n) is 3.53. The maximum absolute atomic E-state index is 5.62. The minimum atomic E-state index is -0.0895. The monoisotopic (exact) mass is 262 g/mol. The van der Waals surface area contributed by atoms with Crippen LogP contribution < -0.4 is 11.3 Å². The van der Waals surface area contributed by atoms with Crippen LogP contribution in [-0.4, -0.2) is 9.97 Å². The van der Waals surface area contributed by atoms with Gasteiger partial charge in [0.05, 0.1) is 17.9 Å². The van der Waals surface area contributed by atoms with Gasteiger partial charge in [0.25, 0.3) is 0 Å². The Kier molecular flexibility index (Phi) is 2.86. The maximum Gasteiger partial charge on any atom is 0.0989 e. The summed E-state index contributed by atoms with van der Waals surface area (Å²) >= 11 is 3.47. The van der Waals surface area contributed by atoms with Crippen molar-refractivity contribution < 1.29 is 0 Å². The van der Waals surface area contributed by atoms with E-state index in [2.05, 4.69) is 32.9 Å². The largest absolute Gasteiger partial charge is 0.270 e. The van der Waals surface area contributed by atoms with Crippen LogP contribution in [0.3, 0.4) is 0 Å². The van der Waals surface area contributed by atoms with E-state index in [9.17, 15) is 0 Å². The lowest BCUT2D eigenvalue weighted by atomic mass is 10.2. The normalized spacial score (nSPS) is 13.0. The first kappa shape index (κ1) is 10.8. The van der Waals surface area contributed by atoms with Gasteiger partial charge in [0.2, 0.25) is 0 Å². The third-order valence-corrected chi connectivity index (χ3v) is 4.65. The first-order valence-corrected chi connectivity index (χ1v) is 6.77. The van der Waals surface area contributed by atoms with Crippen molar-refractivity contribution in [3.8, 4) is 0 Å². The number of thiophene rings is 2. The molecule has 0 aromatic carbocycles. The van der Waals surface area contributed by atoms with E-state index in [1.807, 2.05) is 0 Å². The molecule has 0 bridgehead atoms. The van der Waals surface area contributed by atoms with Crippen molar-refractivity contribution in [1.29, 1.82) is 0 Å². The number of nitrogens with two attached hydrogens (primary N) is 1. The maximum atomic E-state index is 5.62. The van der Waals surface area contributed by atoms with Crippen LogP contribution in [0.1, 0.15) is 16.6 Å². The summed E-state index contributed by atoms with van der Waals surface area (Å²) in [6, 6.07) is 4.19. The highest BCUT2D eigenvalue weighted by Crippen LogP contribution is 2.34. The Hall–Kier alpha value is -1.34. The van der Waals surface area contributed by atoms with Crippen molar-refractivity contribution >= 4 is 32.1 Å². The number of aromatic nitrogens is 2. The predicted molar refractivity (Wildman–Crippen MR) is 70.9 cm³/mol. The molecule has 3 N–H and O–H groups in total. The molecule has 3 rings (SSSR count). The molecule has 0 aliphatic carbocycles. The van der Waals surface area contributed by atoms with Crippen LogP contribution in [0.15, 0.2) is 36.1 Å². The minimum Gasteiger partial charge on any atom is -0.270 e. The van der Waals surface area contributed by atoms with Crippen molar-refractivity contribution in [2.75, 3.05) is 0 Å². The van der Waals surface area contributed by atoms with E-state index < -0.39 is 0 Å². The van der Waals surface area contributed by atoms with Crippen molar-refractivity contribution in [2.45, 2.75) is 6.04 Å². The molecule has 6 heteroatoms. The smallest absolute Gasteiger partial charge is 0.0989 e. The van der Waals surface area contributed by atoms with Gasteiger partial charge in [-0.25, -0.2) is 5.43 Å². The fourth-order valence-electron chi connectivity index (χ4n) is 1.70. The van der Waals surface area contributed by atoms with Gasteiger partial charge < -0.3 is 0 Å². The van der Waals surface area contributed by atoms with Crippen LogP contribution in [0.25, 0.3) is 9.40 Å². The van der Waals surface area contributed by atoms with E-state index in [0.717, 1.165) is 10.6 Å². The van der Waals surface area contributed by atoms with E-state index in [0.29, 0.717) is 0 Å². The predicted octanol–water partition coefficient (Wildman–Crippen LogP) is 2.31. The van der Waals surface area contributed by atoms with E-state index in [1.54, 1.807) is 41.3 Å². The topological polar surface area (TPSA) is 63.8 Å². The Morgan fingerprint density at radius 1 is 1.29 bits per heavy atom. The van der Waals surface area contributed by atoms with E-state index in [1.165, 1.54) is 9.40 Å². The molecule has 0 saturated heterocycles. The van der Waals surface area contributed by atoms with Gasteiger partial charge in [0.15, 0.2) is 0 Å². The molecule has 0 fully saturated rings. The highest BCUT2D eigenvalue weighted by molar-refractivity contribution is 7.26. The Bertz CT molecular complexity index is 588. The standard InChI is InChI=1S/C11H10N4S2/c12-15-11(7-6-13-2-3-14-7)10-5-9-8(17-10)1-4-16-9/h1-6,11,15H,12H2. The molecule has 3 aromatic rings. The van der Waals surface area contributed by atoms with E-state index in [4.69, 9.17) is 5.84 Å². The number of hydrogen-bond donors (Lipinski definition) is 2. The van der Waals surface area contributed by atoms with Crippen LogP contribution in [0, 0.1) is 0 Å². The third kappa shape index (κ3) is 1.96. The Labute approximate surface area is 106 Å². The van der Waals surface area contributed by atoms with Gasteiger partial charge in [-0.05, 0) is 17.5 Å². The molecule has 4 nitrogen and oxygen atoms in total. The summed E-state index contributed by atoms with van der Waals surface area (Å²) in [6.45, 7) is 0. The van der Waals surface area contributed by atoms with Gasteiger partial charge in [-0.15, -0.1) is 22.7 Å². The number of fused-ring (bicyclic) bond motifs is 1. The highest BCUT2D eigenvalue weighted by Gasteiger charge is 2.17. The molecule has 0 aliphatic heterocycles. The number of rotatable bonds is 3. The summed E-state index contributed by atoms with van der Waals surface area (Å²) in [4.78, 5) is 9.52. The summed E-state index contributed by atoms with van der Waals surface area (Å²) < 4.78 is 2.57. The quantitative estimate of drug-likeness (QED) is 0.561. The van der Waals surface area contributed by atoms with Crippen LogP contribution in [0.4, 0.5) is 0 Å². The van der Waals surface area contributed by atoms with Gasteiger partial charge >= 0.3 is 0 Å². The Morgan fingerprint density at radius 3 is 2.94 bits per heavy atom. The average Bonchev–Trinajstić information content (AvgIpc) is 2.92. The number of hydrazine groups is 1.